The van der Waals surface area contributed by atoms with Gasteiger partial charge in [-0.15, -0.1) is 0 Å². The largest absolute Gasteiger partial charge is 0.494 e. The van der Waals surface area contributed by atoms with Crippen LogP contribution in [0.5, 0.6) is 0 Å². The third-order valence-corrected chi connectivity index (χ3v) is 2.33. The number of allylic oxidation sites excluding steroid dienone is 4. The molecule has 14 heavy (non-hydrogen) atoms. The Hall–Kier alpha value is -1.18. The highest BCUT2D eigenvalue weighted by Gasteiger charge is 2.18. The van der Waals surface area contributed by atoms with Crippen molar-refractivity contribution in [1.29, 1.82) is 0 Å². The van der Waals surface area contributed by atoms with E-state index in [2.05, 4.69) is 31.4 Å². The van der Waals surface area contributed by atoms with E-state index in [9.17, 15) is 0 Å². The lowest BCUT2D eigenvalue weighted by atomic mass is 10.2. The minimum Gasteiger partial charge on any atom is -0.494 e. The van der Waals surface area contributed by atoms with Gasteiger partial charge in [-0.25, -0.2) is 0 Å². The van der Waals surface area contributed by atoms with Crippen molar-refractivity contribution in [2.45, 2.75) is 26.8 Å². The maximum atomic E-state index is 5.52. The summed E-state index contributed by atoms with van der Waals surface area (Å²) >= 11 is 0. The van der Waals surface area contributed by atoms with Crippen LogP contribution in [0, 0.1) is 0 Å². The highest BCUT2D eigenvalue weighted by Crippen LogP contribution is 2.20. The zero-order valence-electron chi connectivity index (χ0n) is 9.29. The number of nitrogens with zero attached hydrogens (tertiary/aromatic N) is 1. The molecule has 0 atom stereocenters. The molecule has 0 saturated carbocycles. The Morgan fingerprint density at radius 2 is 2.21 bits per heavy atom. The van der Waals surface area contributed by atoms with Gasteiger partial charge in [-0.2, -0.15) is 0 Å². The second kappa shape index (κ2) is 4.89. The van der Waals surface area contributed by atoms with E-state index in [4.69, 9.17) is 4.74 Å². The van der Waals surface area contributed by atoms with Gasteiger partial charge in [0.25, 0.3) is 0 Å². The van der Waals surface area contributed by atoms with Crippen molar-refractivity contribution in [3.63, 3.8) is 0 Å². The monoisotopic (exact) mass is 193 g/mol. The van der Waals surface area contributed by atoms with Gasteiger partial charge in [0.2, 0.25) is 0 Å². The molecule has 1 aliphatic rings. The summed E-state index contributed by atoms with van der Waals surface area (Å²) in [5.74, 6) is 1.00. The molecule has 0 fully saturated rings. The Labute approximate surface area is 86.6 Å². The van der Waals surface area contributed by atoms with Crippen molar-refractivity contribution in [1.82, 2.24) is 4.90 Å². The van der Waals surface area contributed by atoms with Gasteiger partial charge in [0.1, 0.15) is 12.4 Å². The summed E-state index contributed by atoms with van der Waals surface area (Å²) in [7, 11) is 0. The highest BCUT2D eigenvalue weighted by atomic mass is 16.5. The van der Waals surface area contributed by atoms with Gasteiger partial charge in [-0.3, -0.25) is 0 Å². The SMILES string of the molecule is C=C/C=C\C1=C(C)OCCN1C(C)C. The van der Waals surface area contributed by atoms with Gasteiger partial charge in [0, 0.05) is 6.04 Å². The second-order valence-corrected chi connectivity index (χ2v) is 3.67. The number of rotatable bonds is 3. The van der Waals surface area contributed by atoms with Crippen LogP contribution in [0.15, 0.2) is 36.3 Å². The third kappa shape index (κ3) is 2.41. The van der Waals surface area contributed by atoms with E-state index in [0.29, 0.717) is 6.04 Å². The number of hydrogen-bond donors (Lipinski definition) is 0. The molecule has 0 aliphatic carbocycles. The summed E-state index contributed by atoms with van der Waals surface area (Å²) in [4.78, 5) is 2.35. The summed E-state index contributed by atoms with van der Waals surface area (Å²) in [6, 6.07) is 0.512. The van der Waals surface area contributed by atoms with Crippen LogP contribution in [0.25, 0.3) is 0 Å². The molecule has 0 radical (unpaired) electrons. The number of ether oxygens (including phenoxy) is 1. The summed E-state index contributed by atoms with van der Waals surface area (Å²) < 4.78 is 5.52. The Balaban J connectivity index is 2.90. The molecule has 2 heteroatoms. The summed E-state index contributed by atoms with van der Waals surface area (Å²) in [5, 5.41) is 0. The molecule has 0 aromatic carbocycles. The molecule has 2 nitrogen and oxygen atoms in total. The highest BCUT2D eigenvalue weighted by molar-refractivity contribution is 5.24. The smallest absolute Gasteiger partial charge is 0.116 e. The minimum atomic E-state index is 0.512. The molecule has 0 N–H and O–H groups in total. The van der Waals surface area contributed by atoms with Crippen molar-refractivity contribution in [2.75, 3.05) is 13.2 Å². The van der Waals surface area contributed by atoms with E-state index in [1.165, 1.54) is 5.70 Å². The standard InChI is InChI=1S/C12H19NO/c1-5-6-7-12-11(4)14-9-8-13(12)10(2)3/h5-7,10H,1,8-9H2,2-4H3/b7-6-. The molecule has 0 bridgehead atoms. The van der Waals surface area contributed by atoms with Crippen molar-refractivity contribution >= 4 is 0 Å². The van der Waals surface area contributed by atoms with Crippen LogP contribution in [0.1, 0.15) is 20.8 Å². The third-order valence-electron chi connectivity index (χ3n) is 2.33. The van der Waals surface area contributed by atoms with Gasteiger partial charge >= 0.3 is 0 Å². The van der Waals surface area contributed by atoms with Crippen molar-refractivity contribution < 1.29 is 4.74 Å². The first-order chi connectivity index (χ1) is 6.66. The molecule has 1 rings (SSSR count). The van der Waals surface area contributed by atoms with Crippen LogP contribution < -0.4 is 0 Å². The van der Waals surface area contributed by atoms with Crippen LogP contribution in [0.4, 0.5) is 0 Å². The average Bonchev–Trinajstić information content (AvgIpc) is 2.15. The molecule has 78 valence electrons. The zero-order chi connectivity index (χ0) is 10.6. The maximum Gasteiger partial charge on any atom is 0.116 e. The van der Waals surface area contributed by atoms with Crippen molar-refractivity contribution in [3.8, 4) is 0 Å². The van der Waals surface area contributed by atoms with Crippen molar-refractivity contribution in [3.05, 3.63) is 36.3 Å². The zero-order valence-corrected chi connectivity index (χ0v) is 9.29. The lowest BCUT2D eigenvalue weighted by molar-refractivity contribution is 0.119. The lowest BCUT2D eigenvalue weighted by Crippen LogP contribution is -2.36. The first kappa shape index (κ1) is 10.9. The van der Waals surface area contributed by atoms with E-state index in [1.807, 2.05) is 13.0 Å². The van der Waals surface area contributed by atoms with Crippen LogP contribution in [0.2, 0.25) is 0 Å². The average molecular weight is 193 g/mol. The predicted molar refractivity (Wildman–Crippen MR) is 59.8 cm³/mol. The molecule has 0 unspecified atom stereocenters. The Bertz CT molecular complexity index is 263. The lowest BCUT2D eigenvalue weighted by Gasteiger charge is -2.34. The molecule has 0 spiro atoms. The fourth-order valence-electron chi connectivity index (χ4n) is 1.60. The predicted octanol–water partition coefficient (Wildman–Crippen LogP) is 2.70. The Kier molecular flexibility index (Phi) is 3.81. The van der Waals surface area contributed by atoms with E-state index in [1.54, 1.807) is 6.08 Å². The Morgan fingerprint density at radius 3 is 2.79 bits per heavy atom. The summed E-state index contributed by atoms with van der Waals surface area (Å²) in [6.07, 6.45) is 5.79. The van der Waals surface area contributed by atoms with E-state index >= 15 is 0 Å². The molecule has 0 aromatic rings. The first-order valence-corrected chi connectivity index (χ1v) is 5.06. The van der Waals surface area contributed by atoms with Crippen LogP contribution in [-0.2, 0) is 4.74 Å². The summed E-state index contributed by atoms with van der Waals surface area (Å²) in [6.45, 7) is 11.8. The fraction of sp³-hybridized carbons (Fsp3) is 0.500. The number of hydrogen-bond acceptors (Lipinski definition) is 2. The van der Waals surface area contributed by atoms with Crippen molar-refractivity contribution in [2.24, 2.45) is 0 Å². The van der Waals surface area contributed by atoms with Crippen LogP contribution in [-0.4, -0.2) is 24.1 Å². The molecule has 0 saturated heterocycles. The maximum absolute atomic E-state index is 5.52. The second-order valence-electron chi connectivity index (χ2n) is 3.67. The molecule has 0 aromatic heterocycles. The first-order valence-electron chi connectivity index (χ1n) is 5.06. The quantitative estimate of drug-likeness (QED) is 0.639. The van der Waals surface area contributed by atoms with Crippen LogP contribution >= 0.6 is 0 Å². The molecule has 1 heterocycles. The Morgan fingerprint density at radius 1 is 1.50 bits per heavy atom. The van der Waals surface area contributed by atoms with E-state index < -0.39 is 0 Å². The van der Waals surface area contributed by atoms with Gasteiger partial charge in [0.05, 0.1) is 12.2 Å². The van der Waals surface area contributed by atoms with E-state index in [0.717, 1.165) is 18.9 Å². The fourth-order valence-corrected chi connectivity index (χ4v) is 1.60. The summed E-state index contributed by atoms with van der Waals surface area (Å²) in [5.41, 5.74) is 1.17. The molecule has 1 aliphatic heterocycles. The normalized spacial score (nSPS) is 17.9. The molecule has 0 amide bonds. The van der Waals surface area contributed by atoms with E-state index in [-0.39, 0.29) is 0 Å². The molecular weight excluding hydrogens is 174 g/mol. The van der Waals surface area contributed by atoms with Gasteiger partial charge in [-0.1, -0.05) is 18.7 Å². The topological polar surface area (TPSA) is 12.5 Å². The van der Waals surface area contributed by atoms with Gasteiger partial charge in [-0.05, 0) is 26.8 Å². The van der Waals surface area contributed by atoms with Crippen LogP contribution in [0.3, 0.4) is 0 Å². The van der Waals surface area contributed by atoms with Gasteiger partial charge < -0.3 is 9.64 Å². The minimum absolute atomic E-state index is 0.512. The molecular formula is C12H19NO. The van der Waals surface area contributed by atoms with Gasteiger partial charge in [0.15, 0.2) is 0 Å².